The minimum Gasteiger partial charge on any atom is -0.358 e. The van der Waals surface area contributed by atoms with Crippen LogP contribution < -0.4 is 11.1 Å². The van der Waals surface area contributed by atoms with Crippen molar-refractivity contribution in [3.8, 4) is 0 Å². The Morgan fingerprint density at radius 2 is 2.22 bits per heavy atom. The van der Waals surface area contributed by atoms with Crippen LogP contribution in [0.4, 0.5) is 0 Å². The molecule has 1 aromatic heterocycles. The van der Waals surface area contributed by atoms with Gasteiger partial charge in [0.15, 0.2) is 0 Å². The second-order valence-electron chi connectivity index (χ2n) is 5.35. The molecular weight excluding hydrogens is 353 g/mol. The monoisotopic (exact) mass is 375 g/mol. The Labute approximate surface area is 152 Å². The highest BCUT2D eigenvalue weighted by Crippen LogP contribution is 2.25. The third-order valence-corrected chi connectivity index (χ3v) is 4.60. The van der Waals surface area contributed by atoms with Crippen LogP contribution in [0.15, 0.2) is 18.2 Å². The van der Waals surface area contributed by atoms with Crippen molar-refractivity contribution < 1.29 is 4.79 Å². The normalized spacial score (nSPS) is 12.0. The predicted octanol–water partition coefficient (Wildman–Crippen LogP) is 3.29. The maximum absolute atomic E-state index is 11.9. The van der Waals surface area contributed by atoms with E-state index in [1.807, 2.05) is 31.4 Å². The molecule has 0 spiro atoms. The highest BCUT2D eigenvalue weighted by atomic mass is 35.5. The van der Waals surface area contributed by atoms with E-state index in [2.05, 4.69) is 10.3 Å². The summed E-state index contributed by atoms with van der Waals surface area (Å²) in [7, 11) is 0. The minimum atomic E-state index is -0.425. The third kappa shape index (κ3) is 5.31. The first kappa shape index (κ1) is 20.2. The summed E-state index contributed by atoms with van der Waals surface area (Å²) in [6.45, 7) is 2.61. The number of nitrogens with two attached hydrogens (primary N) is 1. The van der Waals surface area contributed by atoms with Crippen LogP contribution in [0, 0.1) is 6.92 Å². The van der Waals surface area contributed by atoms with Crippen molar-refractivity contribution in [3.05, 3.63) is 34.5 Å². The van der Waals surface area contributed by atoms with Crippen LogP contribution >= 0.6 is 35.8 Å². The summed E-state index contributed by atoms with van der Waals surface area (Å²) in [6, 6.07) is 5.38. The average Bonchev–Trinajstić information content (AvgIpc) is 2.80. The second-order valence-corrected chi connectivity index (χ2v) is 6.77. The van der Waals surface area contributed by atoms with Crippen LogP contribution in [0.2, 0.25) is 5.02 Å². The molecular formula is C16H23Cl2N3OS. The number of hydrogen-bond donors (Lipinski definition) is 3. The Bertz CT molecular complexity index is 660. The molecule has 0 fully saturated rings. The standard InChI is InChI=1S/C16H22ClN3OS.ClH/c1-10-12(13-9-11(17)3-4-15(13)20-10)5-7-19-16(21)14(18)6-8-22-2;/h3-4,9,14,20H,5-8,18H2,1-2H3,(H,19,21);1H/t14-;/m0./s1. The van der Waals surface area contributed by atoms with E-state index in [0.717, 1.165) is 33.8 Å². The molecule has 0 saturated carbocycles. The smallest absolute Gasteiger partial charge is 0.236 e. The number of H-pyrrole nitrogens is 1. The number of benzene rings is 1. The number of nitrogens with one attached hydrogen (secondary N) is 2. The van der Waals surface area contributed by atoms with E-state index in [9.17, 15) is 4.79 Å². The zero-order valence-corrected chi connectivity index (χ0v) is 15.7. The number of hydrogen-bond acceptors (Lipinski definition) is 3. The molecule has 2 aromatic rings. The number of fused-ring (bicyclic) bond motifs is 1. The Morgan fingerprint density at radius 3 is 2.91 bits per heavy atom. The van der Waals surface area contributed by atoms with E-state index in [4.69, 9.17) is 17.3 Å². The number of carbonyl (C=O) groups excluding carboxylic acids is 1. The summed E-state index contributed by atoms with van der Waals surface area (Å²) in [5, 5.41) is 4.75. The van der Waals surface area contributed by atoms with Crippen LogP contribution in [0.25, 0.3) is 10.9 Å². The number of rotatable bonds is 7. The first-order valence-corrected chi connectivity index (χ1v) is 9.09. The third-order valence-electron chi connectivity index (χ3n) is 3.73. The van der Waals surface area contributed by atoms with Gasteiger partial charge in [0.1, 0.15) is 0 Å². The molecule has 0 saturated heterocycles. The van der Waals surface area contributed by atoms with Gasteiger partial charge in [-0.25, -0.2) is 0 Å². The van der Waals surface area contributed by atoms with Gasteiger partial charge in [-0.2, -0.15) is 11.8 Å². The summed E-state index contributed by atoms with van der Waals surface area (Å²) in [6.07, 6.45) is 3.47. The SMILES string of the molecule is CSCC[C@H](N)C(=O)NCCc1c(C)[nH]c2ccc(Cl)cc12.Cl. The lowest BCUT2D eigenvalue weighted by atomic mass is 10.1. The molecule has 0 aliphatic heterocycles. The molecule has 0 aliphatic rings. The van der Waals surface area contributed by atoms with Gasteiger partial charge in [0.2, 0.25) is 5.91 Å². The first-order chi connectivity index (χ1) is 10.5. The van der Waals surface area contributed by atoms with E-state index < -0.39 is 6.04 Å². The topological polar surface area (TPSA) is 70.9 Å². The molecule has 23 heavy (non-hydrogen) atoms. The van der Waals surface area contributed by atoms with Crippen LogP contribution in [0.3, 0.4) is 0 Å². The summed E-state index contributed by atoms with van der Waals surface area (Å²) >= 11 is 7.77. The quantitative estimate of drug-likeness (QED) is 0.695. The van der Waals surface area contributed by atoms with E-state index in [-0.39, 0.29) is 18.3 Å². The van der Waals surface area contributed by atoms with Crippen LogP contribution in [0.1, 0.15) is 17.7 Å². The van der Waals surface area contributed by atoms with Gasteiger partial charge >= 0.3 is 0 Å². The van der Waals surface area contributed by atoms with Crippen molar-refractivity contribution >= 4 is 52.6 Å². The maximum atomic E-state index is 11.9. The van der Waals surface area contributed by atoms with Crippen LogP contribution in [-0.4, -0.2) is 35.5 Å². The molecule has 0 unspecified atom stereocenters. The van der Waals surface area contributed by atoms with E-state index in [0.29, 0.717) is 13.0 Å². The van der Waals surface area contributed by atoms with Crippen molar-refractivity contribution in [3.63, 3.8) is 0 Å². The van der Waals surface area contributed by atoms with Gasteiger partial charge < -0.3 is 16.0 Å². The highest BCUT2D eigenvalue weighted by Gasteiger charge is 2.13. The molecule has 4 nitrogen and oxygen atoms in total. The lowest BCUT2D eigenvalue weighted by Gasteiger charge is -2.11. The summed E-state index contributed by atoms with van der Waals surface area (Å²) in [5.74, 6) is 0.818. The largest absolute Gasteiger partial charge is 0.358 e. The molecule has 0 bridgehead atoms. The number of aromatic amines is 1. The zero-order chi connectivity index (χ0) is 16.1. The van der Waals surface area contributed by atoms with Gasteiger partial charge in [0.25, 0.3) is 0 Å². The van der Waals surface area contributed by atoms with Gasteiger partial charge in [-0.3, -0.25) is 4.79 Å². The summed E-state index contributed by atoms with van der Waals surface area (Å²) in [5.41, 5.74) is 9.22. The lowest BCUT2D eigenvalue weighted by molar-refractivity contribution is -0.122. The van der Waals surface area contributed by atoms with Gasteiger partial charge in [-0.15, -0.1) is 12.4 Å². The Morgan fingerprint density at radius 1 is 1.48 bits per heavy atom. The maximum Gasteiger partial charge on any atom is 0.236 e. The van der Waals surface area contributed by atoms with Crippen LogP contribution in [-0.2, 0) is 11.2 Å². The van der Waals surface area contributed by atoms with Crippen molar-refractivity contribution in [2.45, 2.75) is 25.8 Å². The number of carbonyl (C=O) groups is 1. The Kier molecular flexibility index (Phi) is 8.26. The van der Waals surface area contributed by atoms with Crippen molar-refractivity contribution in [1.82, 2.24) is 10.3 Å². The molecule has 128 valence electrons. The number of aromatic nitrogens is 1. The van der Waals surface area contributed by atoms with Crippen molar-refractivity contribution in [1.29, 1.82) is 0 Å². The molecule has 1 amide bonds. The number of aryl methyl sites for hydroxylation is 1. The molecule has 0 radical (unpaired) electrons. The average molecular weight is 376 g/mol. The molecule has 1 heterocycles. The highest BCUT2D eigenvalue weighted by molar-refractivity contribution is 7.98. The number of halogens is 2. The summed E-state index contributed by atoms with van der Waals surface area (Å²) in [4.78, 5) is 15.2. The second kappa shape index (κ2) is 9.42. The predicted molar refractivity (Wildman–Crippen MR) is 103 cm³/mol. The molecule has 7 heteroatoms. The molecule has 0 aliphatic carbocycles. The summed E-state index contributed by atoms with van der Waals surface area (Å²) < 4.78 is 0. The first-order valence-electron chi connectivity index (χ1n) is 7.32. The molecule has 2 rings (SSSR count). The lowest BCUT2D eigenvalue weighted by Crippen LogP contribution is -2.41. The zero-order valence-electron chi connectivity index (χ0n) is 13.3. The van der Waals surface area contributed by atoms with Gasteiger partial charge in [-0.1, -0.05) is 11.6 Å². The van der Waals surface area contributed by atoms with E-state index >= 15 is 0 Å². The molecule has 1 atom stereocenters. The fourth-order valence-corrected chi connectivity index (χ4v) is 3.16. The molecule has 1 aromatic carbocycles. The van der Waals surface area contributed by atoms with E-state index in [1.165, 1.54) is 5.56 Å². The molecule has 4 N–H and O–H groups in total. The van der Waals surface area contributed by atoms with E-state index in [1.54, 1.807) is 11.8 Å². The number of thioether (sulfide) groups is 1. The van der Waals surface area contributed by atoms with Crippen molar-refractivity contribution in [2.75, 3.05) is 18.6 Å². The Balaban J connectivity index is 0.00000264. The van der Waals surface area contributed by atoms with Gasteiger partial charge in [0.05, 0.1) is 6.04 Å². The fraction of sp³-hybridized carbons (Fsp3) is 0.438. The number of amides is 1. The fourth-order valence-electron chi connectivity index (χ4n) is 2.49. The van der Waals surface area contributed by atoms with Crippen molar-refractivity contribution in [2.24, 2.45) is 5.73 Å². The van der Waals surface area contributed by atoms with Gasteiger partial charge in [0, 0.05) is 28.2 Å². The Hall–Kier alpha value is -0.880. The van der Waals surface area contributed by atoms with Crippen LogP contribution in [0.5, 0.6) is 0 Å². The minimum absolute atomic E-state index is 0. The van der Waals surface area contributed by atoms with Gasteiger partial charge in [-0.05, 0) is 55.5 Å².